The molecule has 0 spiro atoms. The Morgan fingerprint density at radius 2 is 1.90 bits per heavy atom. The highest BCUT2D eigenvalue weighted by Gasteiger charge is 2.13. The number of para-hydroxylation sites is 1. The van der Waals surface area contributed by atoms with Gasteiger partial charge in [-0.05, 0) is 30.9 Å². The minimum atomic E-state index is 0.424. The van der Waals surface area contributed by atoms with Gasteiger partial charge < -0.3 is 10.5 Å². The van der Waals surface area contributed by atoms with Crippen LogP contribution in [0.5, 0.6) is 5.75 Å². The first-order chi connectivity index (χ1) is 10.0. The van der Waals surface area contributed by atoms with Crippen LogP contribution in [-0.4, -0.2) is 11.6 Å². The van der Waals surface area contributed by atoms with Gasteiger partial charge in [-0.3, -0.25) is 0 Å². The second kappa shape index (κ2) is 7.05. The van der Waals surface area contributed by atoms with Crippen molar-refractivity contribution in [1.82, 2.24) is 4.98 Å². The summed E-state index contributed by atoms with van der Waals surface area (Å²) in [6, 6.07) is 6.21. The lowest BCUT2D eigenvalue weighted by Crippen LogP contribution is -2.04. The van der Waals surface area contributed by atoms with E-state index in [0.717, 1.165) is 22.9 Å². The molecule has 0 unspecified atom stereocenters. The molecule has 0 aliphatic rings. The van der Waals surface area contributed by atoms with Gasteiger partial charge >= 0.3 is 0 Å². The summed E-state index contributed by atoms with van der Waals surface area (Å²) >= 11 is 1.72. The second-order valence-corrected chi connectivity index (χ2v) is 6.76. The molecule has 0 fully saturated rings. The zero-order valence-electron chi connectivity index (χ0n) is 13.3. The molecule has 0 saturated heterocycles. The molecule has 0 atom stereocenters. The number of aromatic nitrogens is 1. The highest BCUT2D eigenvalue weighted by molar-refractivity contribution is 7.11. The standard InChI is InChI=1S/C17H24N2OS/c1-11(2)16-14(10-18)21-15(19-16)8-9-20-17-12(3)6-5-7-13(17)4/h5-7,11H,8-10,18H2,1-4H3. The van der Waals surface area contributed by atoms with Gasteiger partial charge in [-0.2, -0.15) is 0 Å². The van der Waals surface area contributed by atoms with Gasteiger partial charge in [0.05, 0.1) is 17.3 Å². The van der Waals surface area contributed by atoms with Crippen LogP contribution in [0, 0.1) is 13.8 Å². The molecule has 2 aromatic rings. The number of rotatable bonds is 6. The summed E-state index contributed by atoms with van der Waals surface area (Å²) in [4.78, 5) is 5.92. The van der Waals surface area contributed by atoms with E-state index in [2.05, 4.69) is 45.9 Å². The Kier molecular flexibility index (Phi) is 5.37. The number of aryl methyl sites for hydroxylation is 2. The fourth-order valence-corrected chi connectivity index (χ4v) is 3.47. The molecule has 2 rings (SSSR count). The molecule has 0 saturated carbocycles. The van der Waals surface area contributed by atoms with Gasteiger partial charge in [0.25, 0.3) is 0 Å². The molecular formula is C17H24N2OS. The van der Waals surface area contributed by atoms with Crippen LogP contribution in [0.4, 0.5) is 0 Å². The van der Waals surface area contributed by atoms with Gasteiger partial charge in [0.2, 0.25) is 0 Å². The van der Waals surface area contributed by atoms with E-state index in [1.165, 1.54) is 16.0 Å². The number of hydrogen-bond donors (Lipinski definition) is 1. The lowest BCUT2D eigenvalue weighted by Gasteiger charge is -2.11. The summed E-state index contributed by atoms with van der Waals surface area (Å²) in [5.41, 5.74) is 9.30. The Morgan fingerprint density at radius 1 is 1.24 bits per heavy atom. The van der Waals surface area contributed by atoms with Gasteiger partial charge in [-0.1, -0.05) is 32.0 Å². The van der Waals surface area contributed by atoms with Crippen molar-refractivity contribution in [3.8, 4) is 5.75 Å². The summed E-state index contributed by atoms with van der Waals surface area (Å²) in [6.45, 7) is 9.70. The maximum atomic E-state index is 5.95. The van der Waals surface area contributed by atoms with Gasteiger partial charge in [0.1, 0.15) is 5.75 Å². The molecule has 0 radical (unpaired) electrons. The van der Waals surface area contributed by atoms with E-state index in [0.29, 0.717) is 19.1 Å². The third kappa shape index (κ3) is 3.83. The third-order valence-electron chi connectivity index (χ3n) is 3.48. The summed E-state index contributed by atoms with van der Waals surface area (Å²) in [6.07, 6.45) is 0.832. The highest BCUT2D eigenvalue weighted by atomic mass is 32.1. The van der Waals surface area contributed by atoms with Crippen LogP contribution in [-0.2, 0) is 13.0 Å². The van der Waals surface area contributed by atoms with E-state index in [1.807, 2.05) is 0 Å². The quantitative estimate of drug-likeness (QED) is 0.878. The molecule has 0 bridgehead atoms. The number of ether oxygens (including phenoxy) is 1. The zero-order chi connectivity index (χ0) is 15.4. The lowest BCUT2D eigenvalue weighted by molar-refractivity contribution is 0.317. The Balaban J connectivity index is 2.01. The fraction of sp³-hybridized carbons (Fsp3) is 0.471. The lowest BCUT2D eigenvalue weighted by atomic mass is 10.1. The van der Waals surface area contributed by atoms with E-state index >= 15 is 0 Å². The Labute approximate surface area is 131 Å². The SMILES string of the molecule is Cc1cccc(C)c1OCCc1nc(C(C)C)c(CN)s1. The van der Waals surface area contributed by atoms with Crippen LogP contribution in [0.3, 0.4) is 0 Å². The Bertz CT molecular complexity index is 585. The van der Waals surface area contributed by atoms with Crippen molar-refractivity contribution in [2.24, 2.45) is 5.73 Å². The summed E-state index contributed by atoms with van der Waals surface area (Å²) < 4.78 is 5.95. The molecular weight excluding hydrogens is 280 g/mol. The zero-order valence-corrected chi connectivity index (χ0v) is 14.1. The van der Waals surface area contributed by atoms with Crippen molar-refractivity contribution in [3.63, 3.8) is 0 Å². The summed E-state index contributed by atoms with van der Waals surface area (Å²) in [7, 11) is 0. The molecule has 2 N–H and O–H groups in total. The predicted molar refractivity (Wildman–Crippen MR) is 89.2 cm³/mol. The number of thiazole rings is 1. The Morgan fingerprint density at radius 3 is 2.43 bits per heavy atom. The molecule has 3 nitrogen and oxygen atoms in total. The van der Waals surface area contributed by atoms with Crippen LogP contribution < -0.4 is 10.5 Å². The van der Waals surface area contributed by atoms with Gasteiger partial charge in [0.15, 0.2) is 0 Å². The van der Waals surface area contributed by atoms with Crippen molar-refractivity contribution in [2.45, 2.75) is 46.6 Å². The van der Waals surface area contributed by atoms with Crippen LogP contribution >= 0.6 is 11.3 Å². The largest absolute Gasteiger partial charge is 0.493 e. The van der Waals surface area contributed by atoms with E-state index < -0.39 is 0 Å². The van der Waals surface area contributed by atoms with Gasteiger partial charge in [-0.25, -0.2) is 4.98 Å². The predicted octanol–water partition coefficient (Wildman–Crippen LogP) is 3.96. The number of nitrogens with two attached hydrogens (primary N) is 1. The molecule has 4 heteroatoms. The van der Waals surface area contributed by atoms with Crippen molar-refractivity contribution >= 4 is 11.3 Å². The topological polar surface area (TPSA) is 48.1 Å². The third-order valence-corrected chi connectivity index (χ3v) is 4.63. The van der Waals surface area contributed by atoms with E-state index in [4.69, 9.17) is 15.5 Å². The summed E-state index contributed by atoms with van der Waals surface area (Å²) in [5, 5.41) is 1.12. The molecule has 1 heterocycles. The second-order valence-electron chi connectivity index (χ2n) is 5.59. The van der Waals surface area contributed by atoms with Crippen molar-refractivity contribution < 1.29 is 4.74 Å². The van der Waals surface area contributed by atoms with Crippen molar-refractivity contribution in [3.05, 3.63) is 44.9 Å². The normalized spacial score (nSPS) is 11.1. The van der Waals surface area contributed by atoms with Crippen LogP contribution in [0.25, 0.3) is 0 Å². The van der Waals surface area contributed by atoms with E-state index in [1.54, 1.807) is 11.3 Å². The monoisotopic (exact) mass is 304 g/mol. The van der Waals surface area contributed by atoms with E-state index in [9.17, 15) is 0 Å². The minimum absolute atomic E-state index is 0.424. The molecule has 1 aromatic carbocycles. The number of hydrogen-bond acceptors (Lipinski definition) is 4. The average Bonchev–Trinajstić information content (AvgIpc) is 2.85. The smallest absolute Gasteiger partial charge is 0.125 e. The molecule has 114 valence electrons. The highest BCUT2D eigenvalue weighted by Crippen LogP contribution is 2.26. The minimum Gasteiger partial charge on any atom is -0.493 e. The van der Waals surface area contributed by atoms with Crippen molar-refractivity contribution in [1.29, 1.82) is 0 Å². The first kappa shape index (κ1) is 16.0. The van der Waals surface area contributed by atoms with Crippen LogP contribution in [0.1, 0.15) is 46.5 Å². The summed E-state index contributed by atoms with van der Waals surface area (Å²) in [5.74, 6) is 1.42. The number of benzene rings is 1. The first-order valence-electron chi connectivity index (χ1n) is 7.40. The van der Waals surface area contributed by atoms with Crippen LogP contribution in [0.2, 0.25) is 0 Å². The average molecular weight is 304 g/mol. The fourth-order valence-electron chi connectivity index (χ4n) is 2.39. The molecule has 0 aliphatic heterocycles. The first-order valence-corrected chi connectivity index (χ1v) is 8.22. The molecule has 21 heavy (non-hydrogen) atoms. The molecule has 1 aromatic heterocycles. The van der Waals surface area contributed by atoms with E-state index in [-0.39, 0.29) is 0 Å². The van der Waals surface area contributed by atoms with Gasteiger partial charge in [-0.15, -0.1) is 11.3 Å². The van der Waals surface area contributed by atoms with Crippen molar-refractivity contribution in [2.75, 3.05) is 6.61 Å². The Hall–Kier alpha value is -1.39. The maximum absolute atomic E-state index is 5.95. The van der Waals surface area contributed by atoms with Crippen LogP contribution in [0.15, 0.2) is 18.2 Å². The van der Waals surface area contributed by atoms with Gasteiger partial charge in [0, 0.05) is 17.8 Å². The molecule has 0 amide bonds. The number of nitrogens with zero attached hydrogens (tertiary/aromatic N) is 1. The maximum Gasteiger partial charge on any atom is 0.125 e. The molecule has 0 aliphatic carbocycles.